The van der Waals surface area contributed by atoms with Gasteiger partial charge in [-0.3, -0.25) is 14.5 Å². The Morgan fingerprint density at radius 1 is 1.21 bits per heavy atom. The normalized spacial score (nSPS) is 20.6. The second kappa shape index (κ2) is 9.78. The van der Waals surface area contributed by atoms with Crippen molar-refractivity contribution in [1.82, 2.24) is 15.5 Å². The molecule has 28 heavy (non-hydrogen) atoms. The molecule has 2 aliphatic rings. The Balaban J connectivity index is 1.51. The second-order valence-electron chi connectivity index (χ2n) is 7.48. The van der Waals surface area contributed by atoms with Crippen LogP contribution in [0.3, 0.4) is 0 Å². The van der Waals surface area contributed by atoms with Gasteiger partial charge < -0.3 is 20.1 Å². The third kappa shape index (κ3) is 4.95. The first-order valence-corrected chi connectivity index (χ1v) is 10.1. The van der Waals surface area contributed by atoms with Crippen LogP contribution in [0.15, 0.2) is 18.2 Å². The van der Waals surface area contributed by atoms with Crippen molar-refractivity contribution < 1.29 is 19.1 Å². The summed E-state index contributed by atoms with van der Waals surface area (Å²) < 4.78 is 10.6. The number of rotatable bonds is 8. The van der Waals surface area contributed by atoms with E-state index in [9.17, 15) is 9.59 Å². The lowest BCUT2D eigenvalue weighted by molar-refractivity contribution is -0.135. The topological polar surface area (TPSA) is 79.9 Å². The van der Waals surface area contributed by atoms with E-state index < -0.39 is 0 Å². The molecule has 2 amide bonds. The first-order chi connectivity index (χ1) is 13.6. The van der Waals surface area contributed by atoms with E-state index in [1.807, 2.05) is 18.2 Å². The number of amides is 2. The maximum absolute atomic E-state index is 12.5. The standard InChI is InChI=1S/C21H31N3O4/c1-27-18-8-7-15(13-19(18)28-2)9-10-22-20(25)14-17-21(26)23-11-12-24(17)16-5-3-4-6-16/h7-8,13,16-17H,3-6,9-12,14H2,1-2H3,(H,22,25)(H,23,26)/t17-/m1/s1. The molecule has 7 heteroatoms. The second-order valence-corrected chi connectivity index (χ2v) is 7.48. The Labute approximate surface area is 166 Å². The highest BCUT2D eigenvalue weighted by Gasteiger charge is 2.36. The van der Waals surface area contributed by atoms with Crippen LogP contribution < -0.4 is 20.1 Å². The molecule has 1 aromatic carbocycles. The summed E-state index contributed by atoms with van der Waals surface area (Å²) in [6, 6.07) is 5.83. The van der Waals surface area contributed by atoms with Crippen LogP contribution in [0, 0.1) is 0 Å². The zero-order valence-corrected chi connectivity index (χ0v) is 16.8. The van der Waals surface area contributed by atoms with Gasteiger partial charge in [0, 0.05) is 25.7 Å². The summed E-state index contributed by atoms with van der Waals surface area (Å²) in [4.78, 5) is 27.1. The lowest BCUT2D eigenvalue weighted by Crippen LogP contribution is -2.59. The van der Waals surface area contributed by atoms with Gasteiger partial charge in [-0.2, -0.15) is 0 Å². The summed E-state index contributed by atoms with van der Waals surface area (Å²) >= 11 is 0. The summed E-state index contributed by atoms with van der Waals surface area (Å²) in [7, 11) is 3.21. The maximum atomic E-state index is 12.5. The summed E-state index contributed by atoms with van der Waals surface area (Å²) in [5.74, 6) is 1.27. The van der Waals surface area contributed by atoms with E-state index in [1.54, 1.807) is 14.2 Å². The van der Waals surface area contributed by atoms with Gasteiger partial charge in [-0.1, -0.05) is 18.9 Å². The van der Waals surface area contributed by atoms with E-state index in [0.717, 1.165) is 24.9 Å². The molecule has 1 heterocycles. The molecular formula is C21H31N3O4. The van der Waals surface area contributed by atoms with E-state index in [-0.39, 0.29) is 24.3 Å². The number of benzene rings is 1. The minimum Gasteiger partial charge on any atom is -0.493 e. The van der Waals surface area contributed by atoms with Crippen LogP contribution in [-0.2, 0) is 16.0 Å². The molecule has 1 saturated carbocycles. The van der Waals surface area contributed by atoms with Gasteiger partial charge in [0.2, 0.25) is 11.8 Å². The number of hydrogen-bond acceptors (Lipinski definition) is 5. The molecule has 1 atom stereocenters. The van der Waals surface area contributed by atoms with Crippen molar-refractivity contribution in [2.45, 2.75) is 50.6 Å². The molecule has 0 aromatic heterocycles. The van der Waals surface area contributed by atoms with Crippen molar-refractivity contribution >= 4 is 11.8 Å². The van der Waals surface area contributed by atoms with Crippen molar-refractivity contribution in [3.63, 3.8) is 0 Å². The van der Waals surface area contributed by atoms with Crippen LogP contribution in [0.4, 0.5) is 0 Å². The summed E-state index contributed by atoms with van der Waals surface area (Å²) in [5.41, 5.74) is 1.06. The quantitative estimate of drug-likeness (QED) is 0.704. The van der Waals surface area contributed by atoms with Crippen molar-refractivity contribution in [1.29, 1.82) is 0 Å². The lowest BCUT2D eigenvalue weighted by Gasteiger charge is -2.38. The average Bonchev–Trinajstić information content (AvgIpc) is 3.24. The van der Waals surface area contributed by atoms with E-state index >= 15 is 0 Å². The Hall–Kier alpha value is -2.28. The first kappa shape index (κ1) is 20.5. The first-order valence-electron chi connectivity index (χ1n) is 10.1. The zero-order chi connectivity index (χ0) is 19.9. The van der Waals surface area contributed by atoms with E-state index in [1.165, 1.54) is 12.8 Å². The van der Waals surface area contributed by atoms with Gasteiger partial charge in [0.25, 0.3) is 0 Å². The van der Waals surface area contributed by atoms with Crippen LogP contribution in [0.1, 0.15) is 37.7 Å². The highest BCUT2D eigenvalue weighted by molar-refractivity contribution is 5.88. The van der Waals surface area contributed by atoms with Crippen LogP contribution in [0.5, 0.6) is 11.5 Å². The minimum absolute atomic E-state index is 0.0202. The predicted octanol–water partition coefficient (Wildman–Crippen LogP) is 1.50. The van der Waals surface area contributed by atoms with Crippen molar-refractivity contribution in [3.05, 3.63) is 23.8 Å². The Morgan fingerprint density at radius 3 is 2.68 bits per heavy atom. The molecule has 0 unspecified atom stereocenters. The highest BCUT2D eigenvalue weighted by atomic mass is 16.5. The fraction of sp³-hybridized carbons (Fsp3) is 0.619. The average molecular weight is 389 g/mol. The predicted molar refractivity (Wildman–Crippen MR) is 107 cm³/mol. The summed E-state index contributed by atoms with van der Waals surface area (Å²) in [6.07, 6.45) is 5.60. The number of ether oxygens (including phenoxy) is 2. The molecule has 1 aromatic rings. The van der Waals surface area contributed by atoms with Gasteiger partial charge in [0.15, 0.2) is 11.5 Å². The molecule has 7 nitrogen and oxygen atoms in total. The van der Waals surface area contributed by atoms with Gasteiger partial charge in [0.1, 0.15) is 0 Å². The fourth-order valence-electron chi connectivity index (χ4n) is 4.25. The number of piperazine rings is 1. The van der Waals surface area contributed by atoms with Gasteiger partial charge >= 0.3 is 0 Å². The molecule has 0 bridgehead atoms. The number of carbonyl (C=O) groups is 2. The molecule has 1 saturated heterocycles. The van der Waals surface area contributed by atoms with Gasteiger partial charge in [-0.25, -0.2) is 0 Å². The molecule has 2 fully saturated rings. The Morgan fingerprint density at radius 2 is 1.96 bits per heavy atom. The zero-order valence-electron chi connectivity index (χ0n) is 16.8. The molecule has 1 aliphatic carbocycles. The van der Waals surface area contributed by atoms with Gasteiger partial charge in [-0.05, 0) is 37.0 Å². The molecule has 3 rings (SSSR count). The van der Waals surface area contributed by atoms with Crippen LogP contribution in [0.25, 0.3) is 0 Å². The van der Waals surface area contributed by atoms with Crippen molar-refractivity contribution in [2.75, 3.05) is 33.9 Å². The number of carbonyl (C=O) groups excluding carboxylic acids is 2. The van der Waals surface area contributed by atoms with E-state index in [4.69, 9.17) is 9.47 Å². The summed E-state index contributed by atoms with van der Waals surface area (Å²) in [5, 5.41) is 5.87. The molecular weight excluding hydrogens is 358 g/mol. The molecule has 1 aliphatic heterocycles. The Kier molecular flexibility index (Phi) is 7.14. The number of methoxy groups -OCH3 is 2. The third-order valence-electron chi connectivity index (χ3n) is 5.73. The SMILES string of the molecule is COc1ccc(CCNC(=O)C[C@@H]2C(=O)NCCN2C2CCCC2)cc1OC. The molecule has 154 valence electrons. The molecule has 2 N–H and O–H groups in total. The number of nitrogens with one attached hydrogen (secondary N) is 2. The van der Waals surface area contributed by atoms with Crippen molar-refractivity contribution in [2.24, 2.45) is 0 Å². The van der Waals surface area contributed by atoms with E-state index in [2.05, 4.69) is 15.5 Å². The monoisotopic (exact) mass is 389 g/mol. The van der Waals surface area contributed by atoms with Crippen molar-refractivity contribution in [3.8, 4) is 11.5 Å². The lowest BCUT2D eigenvalue weighted by atomic mass is 10.0. The van der Waals surface area contributed by atoms with Crippen LogP contribution in [0.2, 0.25) is 0 Å². The van der Waals surface area contributed by atoms with Crippen LogP contribution in [-0.4, -0.2) is 62.7 Å². The highest BCUT2D eigenvalue weighted by Crippen LogP contribution is 2.28. The molecule has 0 radical (unpaired) electrons. The largest absolute Gasteiger partial charge is 0.493 e. The third-order valence-corrected chi connectivity index (χ3v) is 5.73. The van der Waals surface area contributed by atoms with E-state index in [0.29, 0.717) is 37.1 Å². The maximum Gasteiger partial charge on any atom is 0.237 e. The number of nitrogens with zero attached hydrogens (tertiary/aromatic N) is 1. The summed E-state index contributed by atoms with van der Waals surface area (Å²) in [6.45, 7) is 2.03. The smallest absolute Gasteiger partial charge is 0.237 e. The molecule has 0 spiro atoms. The Bertz CT molecular complexity index is 688. The van der Waals surface area contributed by atoms with Gasteiger partial charge in [-0.15, -0.1) is 0 Å². The van der Waals surface area contributed by atoms with Gasteiger partial charge in [0.05, 0.1) is 26.7 Å². The van der Waals surface area contributed by atoms with Crippen LogP contribution >= 0.6 is 0 Å². The minimum atomic E-state index is -0.349. The fourth-order valence-corrected chi connectivity index (χ4v) is 4.25. The number of hydrogen-bond donors (Lipinski definition) is 2.